The Balaban J connectivity index is 2.10. The molecule has 0 saturated carbocycles. The van der Waals surface area contributed by atoms with Gasteiger partial charge in [0.05, 0.1) is 11.6 Å². The zero-order valence-corrected chi connectivity index (χ0v) is 11.8. The minimum absolute atomic E-state index is 0.149. The average Bonchev–Trinajstić information content (AvgIpc) is 2.79. The minimum atomic E-state index is -0.388. The first-order valence-corrected chi connectivity index (χ1v) is 6.61. The molecule has 0 amide bonds. The first-order chi connectivity index (χ1) is 9.06. The van der Waals surface area contributed by atoms with Gasteiger partial charge in [-0.15, -0.1) is 0 Å². The van der Waals surface area contributed by atoms with Gasteiger partial charge in [0.2, 0.25) is 0 Å². The van der Waals surface area contributed by atoms with Gasteiger partial charge in [-0.3, -0.25) is 0 Å². The molecule has 102 valence electrons. The van der Waals surface area contributed by atoms with Crippen molar-refractivity contribution < 1.29 is 4.39 Å². The Kier molecular flexibility index (Phi) is 4.56. The topological polar surface area (TPSA) is 29.9 Å². The molecule has 1 heterocycles. The normalized spacial score (nSPS) is 11.2. The summed E-state index contributed by atoms with van der Waals surface area (Å²) in [7, 11) is 0. The molecule has 1 N–H and O–H groups in total. The van der Waals surface area contributed by atoms with Crippen LogP contribution >= 0.6 is 11.6 Å². The van der Waals surface area contributed by atoms with Gasteiger partial charge in [0.15, 0.2) is 0 Å². The summed E-state index contributed by atoms with van der Waals surface area (Å²) in [5.74, 6) is 0.546. The van der Waals surface area contributed by atoms with Crippen molar-refractivity contribution in [3.63, 3.8) is 0 Å². The Morgan fingerprint density at radius 2 is 2.21 bits per heavy atom. The summed E-state index contributed by atoms with van der Waals surface area (Å²) in [6.07, 6.45) is 3.65. The van der Waals surface area contributed by atoms with Crippen molar-refractivity contribution >= 4 is 11.6 Å². The Hall–Kier alpha value is -1.39. The summed E-state index contributed by atoms with van der Waals surface area (Å²) in [5.41, 5.74) is 0.866. The highest BCUT2D eigenvalue weighted by molar-refractivity contribution is 6.30. The molecule has 0 aliphatic rings. The molecule has 1 aromatic heterocycles. The van der Waals surface area contributed by atoms with Crippen LogP contribution in [-0.2, 0) is 13.1 Å². The van der Waals surface area contributed by atoms with Crippen LogP contribution in [-0.4, -0.2) is 15.6 Å². The van der Waals surface area contributed by atoms with Gasteiger partial charge in [0.25, 0.3) is 0 Å². The van der Waals surface area contributed by atoms with Gasteiger partial charge in [-0.1, -0.05) is 31.5 Å². The van der Waals surface area contributed by atoms with E-state index in [9.17, 15) is 4.39 Å². The smallest absolute Gasteiger partial charge is 0.142 e. The molecule has 19 heavy (non-hydrogen) atoms. The third-order valence-corrected chi connectivity index (χ3v) is 3.11. The first-order valence-electron chi connectivity index (χ1n) is 6.23. The Morgan fingerprint density at radius 3 is 2.89 bits per heavy atom. The van der Waals surface area contributed by atoms with Crippen molar-refractivity contribution in [1.29, 1.82) is 0 Å². The SMILES string of the molecule is CC(C)NCc1nccn1Cc1ccc(Cl)c(F)c1. The predicted octanol–water partition coefficient (Wildman–Crippen LogP) is 3.22. The van der Waals surface area contributed by atoms with Crippen LogP contribution in [0.15, 0.2) is 30.6 Å². The van der Waals surface area contributed by atoms with Crippen molar-refractivity contribution in [2.75, 3.05) is 0 Å². The van der Waals surface area contributed by atoms with Crippen molar-refractivity contribution in [1.82, 2.24) is 14.9 Å². The van der Waals surface area contributed by atoms with E-state index in [1.165, 1.54) is 6.07 Å². The second-order valence-corrected chi connectivity index (χ2v) is 5.16. The molecule has 0 unspecified atom stereocenters. The van der Waals surface area contributed by atoms with Crippen LogP contribution in [0.2, 0.25) is 5.02 Å². The molecule has 0 aliphatic heterocycles. The number of imidazole rings is 1. The van der Waals surface area contributed by atoms with Gasteiger partial charge in [0, 0.05) is 25.0 Å². The van der Waals surface area contributed by atoms with E-state index >= 15 is 0 Å². The lowest BCUT2D eigenvalue weighted by Gasteiger charge is -2.11. The third-order valence-electron chi connectivity index (χ3n) is 2.81. The van der Waals surface area contributed by atoms with Crippen LogP contribution in [0.3, 0.4) is 0 Å². The molecule has 0 saturated heterocycles. The Labute approximate surface area is 117 Å². The van der Waals surface area contributed by atoms with Crippen molar-refractivity contribution in [3.05, 3.63) is 52.8 Å². The summed E-state index contributed by atoms with van der Waals surface area (Å²) in [5, 5.41) is 3.47. The molecule has 0 radical (unpaired) electrons. The number of benzene rings is 1. The molecule has 2 rings (SSSR count). The average molecular weight is 282 g/mol. The fraction of sp³-hybridized carbons (Fsp3) is 0.357. The molecule has 0 bridgehead atoms. The van der Waals surface area contributed by atoms with Crippen LogP contribution in [0.1, 0.15) is 25.2 Å². The summed E-state index contributed by atoms with van der Waals surface area (Å²) in [4.78, 5) is 4.30. The molecule has 2 aromatic rings. The van der Waals surface area contributed by atoms with E-state index in [-0.39, 0.29) is 10.8 Å². The van der Waals surface area contributed by atoms with Crippen LogP contribution in [0.5, 0.6) is 0 Å². The van der Waals surface area contributed by atoms with E-state index in [1.54, 1.807) is 12.3 Å². The largest absolute Gasteiger partial charge is 0.329 e. The monoisotopic (exact) mass is 281 g/mol. The lowest BCUT2D eigenvalue weighted by atomic mass is 10.2. The Morgan fingerprint density at radius 1 is 1.42 bits per heavy atom. The van der Waals surface area contributed by atoms with Gasteiger partial charge in [-0.2, -0.15) is 0 Å². The number of hydrogen-bond donors (Lipinski definition) is 1. The number of halogens is 2. The van der Waals surface area contributed by atoms with Crippen LogP contribution in [0.4, 0.5) is 4.39 Å². The summed E-state index contributed by atoms with van der Waals surface area (Å²) in [6, 6.07) is 5.26. The van der Waals surface area contributed by atoms with E-state index in [1.807, 2.05) is 16.8 Å². The third kappa shape index (κ3) is 3.78. The maximum absolute atomic E-state index is 13.4. The first kappa shape index (κ1) is 14.0. The highest BCUT2D eigenvalue weighted by Crippen LogP contribution is 2.16. The lowest BCUT2D eigenvalue weighted by Crippen LogP contribution is -2.24. The Bertz CT molecular complexity index is 551. The number of nitrogens with zero attached hydrogens (tertiary/aromatic N) is 2. The van der Waals surface area contributed by atoms with Gasteiger partial charge in [0.1, 0.15) is 11.6 Å². The standard InChI is InChI=1S/C14H17ClFN3/c1-10(2)18-8-14-17-5-6-19(14)9-11-3-4-12(15)13(16)7-11/h3-7,10,18H,8-9H2,1-2H3. The quantitative estimate of drug-likeness (QED) is 0.912. The molecule has 0 atom stereocenters. The predicted molar refractivity (Wildman–Crippen MR) is 74.7 cm³/mol. The van der Waals surface area contributed by atoms with Crippen molar-refractivity contribution in [2.24, 2.45) is 0 Å². The fourth-order valence-electron chi connectivity index (χ4n) is 1.78. The molecular weight excluding hydrogens is 265 g/mol. The lowest BCUT2D eigenvalue weighted by molar-refractivity contribution is 0.554. The maximum Gasteiger partial charge on any atom is 0.142 e. The van der Waals surface area contributed by atoms with Crippen LogP contribution in [0.25, 0.3) is 0 Å². The summed E-state index contributed by atoms with van der Waals surface area (Å²) in [6.45, 7) is 5.45. The highest BCUT2D eigenvalue weighted by atomic mass is 35.5. The van der Waals surface area contributed by atoms with Crippen molar-refractivity contribution in [3.8, 4) is 0 Å². The van der Waals surface area contributed by atoms with Crippen molar-refractivity contribution in [2.45, 2.75) is 33.0 Å². The summed E-state index contributed by atoms with van der Waals surface area (Å²) >= 11 is 5.67. The molecular formula is C14H17ClFN3. The maximum atomic E-state index is 13.4. The van der Waals surface area contributed by atoms with Gasteiger partial charge in [-0.25, -0.2) is 9.37 Å². The second-order valence-electron chi connectivity index (χ2n) is 4.76. The highest BCUT2D eigenvalue weighted by Gasteiger charge is 2.06. The molecule has 0 aliphatic carbocycles. The second kappa shape index (κ2) is 6.17. The minimum Gasteiger partial charge on any atom is -0.329 e. The van der Waals surface area contributed by atoms with E-state index in [2.05, 4.69) is 24.1 Å². The zero-order valence-electron chi connectivity index (χ0n) is 11.0. The number of aromatic nitrogens is 2. The van der Waals surface area contributed by atoms with E-state index in [4.69, 9.17) is 11.6 Å². The van der Waals surface area contributed by atoms with E-state index in [0.717, 1.165) is 11.4 Å². The van der Waals surface area contributed by atoms with Gasteiger partial charge >= 0.3 is 0 Å². The number of nitrogens with one attached hydrogen (secondary N) is 1. The molecule has 0 fully saturated rings. The number of hydrogen-bond acceptors (Lipinski definition) is 2. The zero-order chi connectivity index (χ0) is 13.8. The fourth-order valence-corrected chi connectivity index (χ4v) is 1.90. The molecule has 3 nitrogen and oxygen atoms in total. The number of rotatable bonds is 5. The molecule has 1 aromatic carbocycles. The van der Waals surface area contributed by atoms with E-state index < -0.39 is 0 Å². The molecule has 5 heteroatoms. The molecule has 0 spiro atoms. The van der Waals surface area contributed by atoms with Crippen LogP contribution in [0, 0.1) is 5.82 Å². The van der Waals surface area contributed by atoms with Gasteiger partial charge in [-0.05, 0) is 17.7 Å². The van der Waals surface area contributed by atoms with E-state index in [0.29, 0.717) is 19.1 Å². The van der Waals surface area contributed by atoms with Gasteiger partial charge < -0.3 is 9.88 Å². The summed E-state index contributed by atoms with van der Waals surface area (Å²) < 4.78 is 15.4. The van der Waals surface area contributed by atoms with Crippen LogP contribution < -0.4 is 5.32 Å².